The van der Waals surface area contributed by atoms with Gasteiger partial charge in [-0.1, -0.05) is 34.1 Å². The molecule has 0 unspecified atom stereocenters. The van der Waals surface area contributed by atoms with Crippen molar-refractivity contribution in [2.75, 3.05) is 5.32 Å². The summed E-state index contributed by atoms with van der Waals surface area (Å²) in [5, 5.41) is 2.94. The molecule has 0 amide bonds. The molecule has 1 aliphatic rings. The lowest BCUT2D eigenvalue weighted by molar-refractivity contribution is 0.370. The lowest BCUT2D eigenvalue weighted by Gasteiger charge is -2.37. The quantitative estimate of drug-likeness (QED) is 0.743. The van der Waals surface area contributed by atoms with Gasteiger partial charge in [0.15, 0.2) is 17.5 Å². The highest BCUT2D eigenvalue weighted by Crippen LogP contribution is 2.41. The number of rotatable bonds is 3. The average Bonchev–Trinajstić information content (AvgIpc) is 2.43. The van der Waals surface area contributed by atoms with Gasteiger partial charge in [0.05, 0.1) is 5.69 Å². The number of anilines is 1. The van der Waals surface area contributed by atoms with Crippen LogP contribution in [0.3, 0.4) is 0 Å². The fourth-order valence-electron chi connectivity index (χ4n) is 2.65. The second-order valence-electron chi connectivity index (χ2n) is 5.25. The summed E-state index contributed by atoms with van der Waals surface area (Å²) in [6, 6.07) is 10.2. The summed E-state index contributed by atoms with van der Waals surface area (Å²) in [6.07, 6.45) is 1.67. The van der Waals surface area contributed by atoms with Crippen molar-refractivity contribution >= 4 is 21.6 Å². The van der Waals surface area contributed by atoms with Crippen molar-refractivity contribution < 1.29 is 13.2 Å². The molecule has 0 saturated heterocycles. The third-order valence-electron chi connectivity index (χ3n) is 3.88. The van der Waals surface area contributed by atoms with E-state index < -0.39 is 17.5 Å². The second-order valence-corrected chi connectivity index (χ2v) is 6.11. The minimum absolute atomic E-state index is 0.0180. The van der Waals surface area contributed by atoms with Crippen molar-refractivity contribution in [3.8, 4) is 0 Å². The van der Waals surface area contributed by atoms with Crippen LogP contribution in [0.4, 0.5) is 18.9 Å². The molecule has 2 aromatic carbocycles. The molecule has 0 spiro atoms. The molecule has 0 aliphatic heterocycles. The first-order chi connectivity index (χ1) is 10.1. The standard InChI is InChI=1S/C16H13BrF3N/c17-12-4-2-1-3-11(12)9-7-10(8-9)21-14-6-5-13(18)15(19)16(14)20/h1-6,9-10,21H,7-8H2. The SMILES string of the molecule is Fc1ccc(NC2CC(c3ccccc3Br)C2)c(F)c1F. The van der Waals surface area contributed by atoms with Gasteiger partial charge < -0.3 is 5.32 Å². The molecule has 1 nitrogen and oxygen atoms in total. The molecule has 1 saturated carbocycles. The Labute approximate surface area is 129 Å². The predicted octanol–water partition coefficient (Wildman–Crippen LogP) is 5.22. The zero-order chi connectivity index (χ0) is 15.0. The molecular weight excluding hydrogens is 343 g/mol. The summed E-state index contributed by atoms with van der Waals surface area (Å²) < 4.78 is 40.7. The molecular formula is C16H13BrF3N. The molecule has 3 rings (SSSR count). The van der Waals surface area contributed by atoms with Crippen LogP contribution in [0.5, 0.6) is 0 Å². The van der Waals surface area contributed by atoms with E-state index in [2.05, 4.69) is 27.3 Å². The lowest BCUT2D eigenvalue weighted by Crippen LogP contribution is -2.34. The average molecular weight is 356 g/mol. The van der Waals surface area contributed by atoms with Crippen LogP contribution >= 0.6 is 15.9 Å². The van der Waals surface area contributed by atoms with Gasteiger partial charge in [0, 0.05) is 10.5 Å². The number of hydrogen-bond donors (Lipinski definition) is 1. The Morgan fingerprint density at radius 2 is 1.67 bits per heavy atom. The zero-order valence-electron chi connectivity index (χ0n) is 11.0. The molecule has 5 heteroatoms. The van der Waals surface area contributed by atoms with Gasteiger partial charge in [0.2, 0.25) is 0 Å². The van der Waals surface area contributed by atoms with Crippen molar-refractivity contribution in [2.24, 2.45) is 0 Å². The highest BCUT2D eigenvalue weighted by molar-refractivity contribution is 9.10. The Bertz CT molecular complexity index is 669. The van der Waals surface area contributed by atoms with Gasteiger partial charge in [-0.3, -0.25) is 0 Å². The van der Waals surface area contributed by atoms with Crippen molar-refractivity contribution in [3.63, 3.8) is 0 Å². The van der Waals surface area contributed by atoms with E-state index in [1.165, 1.54) is 11.6 Å². The summed E-state index contributed by atoms with van der Waals surface area (Å²) in [4.78, 5) is 0. The van der Waals surface area contributed by atoms with Gasteiger partial charge in [-0.25, -0.2) is 13.2 Å². The van der Waals surface area contributed by atoms with Gasteiger partial charge in [-0.15, -0.1) is 0 Å². The Hall–Kier alpha value is -1.49. The summed E-state index contributed by atoms with van der Waals surface area (Å²) >= 11 is 3.52. The van der Waals surface area contributed by atoms with Crippen LogP contribution in [0.25, 0.3) is 0 Å². The molecule has 1 aliphatic carbocycles. The molecule has 0 atom stereocenters. The van der Waals surface area contributed by atoms with Gasteiger partial charge in [-0.2, -0.15) is 0 Å². The molecule has 0 heterocycles. The summed E-state index contributed by atoms with van der Waals surface area (Å²) in [7, 11) is 0. The Balaban J connectivity index is 1.66. The number of hydrogen-bond acceptors (Lipinski definition) is 1. The monoisotopic (exact) mass is 355 g/mol. The van der Waals surface area contributed by atoms with Crippen LogP contribution in [0.2, 0.25) is 0 Å². The van der Waals surface area contributed by atoms with Gasteiger partial charge >= 0.3 is 0 Å². The molecule has 1 N–H and O–H groups in total. The van der Waals surface area contributed by atoms with E-state index in [4.69, 9.17) is 0 Å². The topological polar surface area (TPSA) is 12.0 Å². The van der Waals surface area contributed by atoms with Crippen LogP contribution in [0.15, 0.2) is 40.9 Å². The first-order valence-corrected chi connectivity index (χ1v) is 7.50. The van der Waals surface area contributed by atoms with Crippen molar-refractivity contribution in [1.29, 1.82) is 0 Å². The fourth-order valence-corrected chi connectivity index (χ4v) is 3.26. The Morgan fingerprint density at radius 3 is 2.38 bits per heavy atom. The number of benzene rings is 2. The van der Waals surface area contributed by atoms with Crippen molar-refractivity contribution in [2.45, 2.75) is 24.8 Å². The zero-order valence-corrected chi connectivity index (χ0v) is 12.6. The maximum Gasteiger partial charge on any atom is 0.196 e. The second kappa shape index (κ2) is 5.72. The van der Waals surface area contributed by atoms with Crippen LogP contribution in [0, 0.1) is 17.5 Å². The van der Waals surface area contributed by atoms with Crippen LogP contribution in [0.1, 0.15) is 24.3 Å². The van der Waals surface area contributed by atoms with E-state index in [0.29, 0.717) is 5.92 Å². The molecule has 1 fully saturated rings. The molecule has 2 aromatic rings. The van der Waals surface area contributed by atoms with E-state index in [1.54, 1.807) is 0 Å². The molecule has 0 aromatic heterocycles. The highest BCUT2D eigenvalue weighted by atomic mass is 79.9. The minimum atomic E-state index is -1.43. The largest absolute Gasteiger partial charge is 0.380 e. The smallest absolute Gasteiger partial charge is 0.196 e. The Kier molecular flexibility index (Phi) is 3.93. The van der Waals surface area contributed by atoms with E-state index >= 15 is 0 Å². The summed E-state index contributed by atoms with van der Waals surface area (Å²) in [6.45, 7) is 0. The molecule has 0 radical (unpaired) electrons. The van der Waals surface area contributed by atoms with Crippen LogP contribution in [-0.2, 0) is 0 Å². The van der Waals surface area contributed by atoms with E-state index in [9.17, 15) is 13.2 Å². The van der Waals surface area contributed by atoms with Crippen molar-refractivity contribution in [3.05, 3.63) is 63.9 Å². The lowest BCUT2D eigenvalue weighted by atomic mass is 9.76. The number of halogens is 4. The molecule has 0 bridgehead atoms. The van der Waals surface area contributed by atoms with Gasteiger partial charge in [0.25, 0.3) is 0 Å². The molecule has 110 valence electrons. The van der Waals surface area contributed by atoms with Crippen molar-refractivity contribution in [1.82, 2.24) is 0 Å². The van der Waals surface area contributed by atoms with Crippen LogP contribution < -0.4 is 5.32 Å². The predicted molar refractivity (Wildman–Crippen MR) is 79.8 cm³/mol. The number of nitrogens with one attached hydrogen (secondary N) is 1. The van der Waals surface area contributed by atoms with E-state index in [1.807, 2.05) is 18.2 Å². The Morgan fingerprint density at radius 1 is 0.952 bits per heavy atom. The fraction of sp³-hybridized carbons (Fsp3) is 0.250. The maximum absolute atomic E-state index is 13.6. The van der Waals surface area contributed by atoms with E-state index in [-0.39, 0.29) is 11.7 Å². The first-order valence-electron chi connectivity index (χ1n) is 6.70. The van der Waals surface area contributed by atoms with Crippen LogP contribution in [-0.4, -0.2) is 6.04 Å². The minimum Gasteiger partial charge on any atom is -0.380 e. The molecule has 21 heavy (non-hydrogen) atoms. The third kappa shape index (κ3) is 2.79. The van der Waals surface area contributed by atoms with Gasteiger partial charge in [0.1, 0.15) is 0 Å². The first kappa shape index (κ1) is 14.4. The normalized spacial score (nSPS) is 21.0. The maximum atomic E-state index is 13.6. The van der Waals surface area contributed by atoms with E-state index in [0.717, 1.165) is 23.4 Å². The summed E-state index contributed by atoms with van der Waals surface area (Å²) in [5.41, 5.74) is 1.24. The highest BCUT2D eigenvalue weighted by Gasteiger charge is 2.32. The third-order valence-corrected chi connectivity index (χ3v) is 4.60. The van der Waals surface area contributed by atoms with Gasteiger partial charge in [-0.05, 0) is 42.5 Å². The summed E-state index contributed by atoms with van der Waals surface area (Å²) in [5.74, 6) is -3.36.